The number of nitrogens with zero attached hydrogens (tertiary/aromatic N) is 2. The van der Waals surface area contributed by atoms with E-state index >= 15 is 0 Å². The smallest absolute Gasteiger partial charge is 0.0719 e. The molecule has 1 aromatic carbocycles. The van der Waals surface area contributed by atoms with Gasteiger partial charge < -0.3 is 5.73 Å². The predicted octanol–water partition coefficient (Wildman–Crippen LogP) is 3.21. The molecule has 1 aliphatic rings. The van der Waals surface area contributed by atoms with Gasteiger partial charge in [0.1, 0.15) is 0 Å². The molecule has 0 amide bonds. The van der Waals surface area contributed by atoms with Gasteiger partial charge in [-0.1, -0.05) is 24.6 Å². The molecular weight excluding hydrogens is 266 g/mol. The van der Waals surface area contributed by atoms with Crippen molar-refractivity contribution in [3.05, 3.63) is 30.0 Å². The Labute approximate surface area is 124 Å². The summed E-state index contributed by atoms with van der Waals surface area (Å²) in [5.74, 6) is 1.27. The van der Waals surface area contributed by atoms with Crippen LogP contribution in [-0.2, 0) is 13.0 Å². The third-order valence-electron chi connectivity index (χ3n) is 4.16. The molecule has 1 aromatic heterocycles. The number of para-hydroxylation sites is 1. The molecule has 108 valence electrons. The van der Waals surface area contributed by atoms with Crippen LogP contribution < -0.4 is 5.73 Å². The van der Waals surface area contributed by atoms with Crippen molar-refractivity contribution in [1.29, 1.82) is 0 Å². The monoisotopic (exact) mass is 289 g/mol. The van der Waals surface area contributed by atoms with Crippen molar-refractivity contribution in [1.82, 2.24) is 9.78 Å². The van der Waals surface area contributed by atoms with Gasteiger partial charge in [-0.2, -0.15) is 16.9 Å². The molecule has 0 spiro atoms. The van der Waals surface area contributed by atoms with Crippen molar-refractivity contribution in [3.63, 3.8) is 0 Å². The highest BCUT2D eigenvalue weighted by Crippen LogP contribution is 2.29. The molecule has 1 aliphatic heterocycles. The summed E-state index contributed by atoms with van der Waals surface area (Å²) in [6.07, 6.45) is 4.83. The van der Waals surface area contributed by atoms with Crippen LogP contribution in [0.15, 0.2) is 24.3 Å². The van der Waals surface area contributed by atoms with E-state index in [4.69, 9.17) is 10.8 Å². The minimum Gasteiger partial charge on any atom is -0.326 e. The lowest BCUT2D eigenvalue weighted by Gasteiger charge is -2.26. The van der Waals surface area contributed by atoms with Crippen molar-refractivity contribution in [2.75, 3.05) is 5.75 Å². The highest BCUT2D eigenvalue weighted by Gasteiger charge is 2.23. The maximum atomic E-state index is 6.45. The van der Waals surface area contributed by atoms with Crippen molar-refractivity contribution in [3.8, 4) is 0 Å². The van der Waals surface area contributed by atoms with Gasteiger partial charge in [0, 0.05) is 29.6 Å². The van der Waals surface area contributed by atoms with Gasteiger partial charge in [0.15, 0.2) is 0 Å². The van der Waals surface area contributed by atoms with Gasteiger partial charge in [0.05, 0.1) is 11.2 Å². The van der Waals surface area contributed by atoms with Crippen molar-refractivity contribution in [2.45, 2.75) is 50.4 Å². The summed E-state index contributed by atoms with van der Waals surface area (Å²) in [4.78, 5) is 0. The van der Waals surface area contributed by atoms with Crippen molar-refractivity contribution >= 4 is 22.7 Å². The molecule has 20 heavy (non-hydrogen) atoms. The lowest BCUT2D eigenvalue weighted by atomic mass is 10.0. The standard InChI is InChI=1S/C16H23N3S/c1-2-19-15-8-4-3-7-12(15)14(18-19)11-13(17)16-9-5-6-10-20-16/h3-4,7-8,13,16H,2,5-6,9-11,17H2,1H3. The van der Waals surface area contributed by atoms with Crippen LogP contribution in [0, 0.1) is 0 Å². The quantitative estimate of drug-likeness (QED) is 0.940. The second-order valence-corrected chi connectivity index (χ2v) is 6.90. The molecule has 1 fully saturated rings. The molecule has 3 rings (SSSR count). The van der Waals surface area contributed by atoms with E-state index in [0.29, 0.717) is 5.25 Å². The third-order valence-corrected chi connectivity index (χ3v) is 5.69. The van der Waals surface area contributed by atoms with Crippen LogP contribution in [0.25, 0.3) is 10.9 Å². The Morgan fingerprint density at radius 1 is 1.40 bits per heavy atom. The number of aryl methyl sites for hydroxylation is 1. The Kier molecular flexibility index (Phi) is 4.32. The van der Waals surface area contributed by atoms with E-state index in [-0.39, 0.29) is 6.04 Å². The topological polar surface area (TPSA) is 43.8 Å². The van der Waals surface area contributed by atoms with E-state index in [9.17, 15) is 0 Å². The maximum Gasteiger partial charge on any atom is 0.0719 e. The fraction of sp³-hybridized carbons (Fsp3) is 0.562. The average Bonchev–Trinajstić information content (AvgIpc) is 2.86. The number of nitrogens with two attached hydrogens (primary N) is 1. The molecule has 0 saturated carbocycles. The fourth-order valence-electron chi connectivity index (χ4n) is 3.05. The first kappa shape index (κ1) is 14.0. The van der Waals surface area contributed by atoms with Crippen LogP contribution >= 0.6 is 11.8 Å². The van der Waals surface area contributed by atoms with E-state index < -0.39 is 0 Å². The summed E-state index contributed by atoms with van der Waals surface area (Å²) in [6.45, 7) is 3.05. The van der Waals surface area contributed by atoms with Crippen LogP contribution in [0.3, 0.4) is 0 Å². The molecule has 2 N–H and O–H groups in total. The molecule has 0 radical (unpaired) electrons. The minimum absolute atomic E-state index is 0.226. The fourth-order valence-corrected chi connectivity index (χ4v) is 4.40. The summed E-state index contributed by atoms with van der Waals surface area (Å²) < 4.78 is 2.09. The lowest BCUT2D eigenvalue weighted by molar-refractivity contribution is 0.550. The van der Waals surface area contributed by atoms with Crippen LogP contribution in [0.5, 0.6) is 0 Å². The summed E-state index contributed by atoms with van der Waals surface area (Å²) in [5, 5.41) is 6.64. The van der Waals surface area contributed by atoms with Gasteiger partial charge in [-0.15, -0.1) is 0 Å². The van der Waals surface area contributed by atoms with Crippen LogP contribution in [0.1, 0.15) is 31.9 Å². The summed E-state index contributed by atoms with van der Waals surface area (Å²) in [5.41, 5.74) is 8.85. The molecule has 2 aromatic rings. The number of hydrogen-bond donors (Lipinski definition) is 1. The summed E-state index contributed by atoms with van der Waals surface area (Å²) in [6, 6.07) is 8.72. The Balaban J connectivity index is 1.83. The molecular formula is C16H23N3S. The minimum atomic E-state index is 0.226. The second kappa shape index (κ2) is 6.19. The van der Waals surface area contributed by atoms with Gasteiger partial charge in [0.2, 0.25) is 0 Å². The Hall–Kier alpha value is -1.00. The molecule has 0 bridgehead atoms. The first-order valence-electron chi connectivity index (χ1n) is 7.61. The highest BCUT2D eigenvalue weighted by molar-refractivity contribution is 8.00. The van der Waals surface area contributed by atoms with Gasteiger partial charge in [-0.05, 0) is 31.6 Å². The number of benzene rings is 1. The first-order chi connectivity index (χ1) is 9.79. The van der Waals surface area contributed by atoms with E-state index in [2.05, 4.69) is 35.9 Å². The van der Waals surface area contributed by atoms with Gasteiger partial charge >= 0.3 is 0 Å². The van der Waals surface area contributed by atoms with Crippen LogP contribution in [-0.4, -0.2) is 26.8 Å². The highest BCUT2D eigenvalue weighted by atomic mass is 32.2. The molecule has 1 saturated heterocycles. The summed E-state index contributed by atoms with van der Waals surface area (Å²) >= 11 is 2.05. The summed E-state index contributed by atoms with van der Waals surface area (Å²) in [7, 11) is 0. The number of rotatable bonds is 4. The third kappa shape index (κ3) is 2.72. The van der Waals surface area contributed by atoms with Crippen molar-refractivity contribution < 1.29 is 0 Å². The normalized spacial score (nSPS) is 21.2. The maximum absolute atomic E-state index is 6.45. The average molecular weight is 289 g/mol. The Morgan fingerprint density at radius 3 is 3.00 bits per heavy atom. The van der Waals surface area contributed by atoms with Gasteiger partial charge in [-0.25, -0.2) is 0 Å². The van der Waals surface area contributed by atoms with E-state index in [1.807, 2.05) is 11.8 Å². The number of hydrogen-bond acceptors (Lipinski definition) is 3. The number of aromatic nitrogens is 2. The Morgan fingerprint density at radius 2 is 2.25 bits per heavy atom. The second-order valence-electron chi connectivity index (χ2n) is 5.55. The van der Waals surface area contributed by atoms with E-state index in [1.165, 1.54) is 41.6 Å². The molecule has 2 atom stereocenters. The molecule has 2 unspecified atom stereocenters. The lowest BCUT2D eigenvalue weighted by Crippen LogP contribution is -2.36. The van der Waals surface area contributed by atoms with Crippen molar-refractivity contribution in [2.24, 2.45) is 5.73 Å². The zero-order valence-corrected chi connectivity index (χ0v) is 12.9. The molecule has 4 heteroatoms. The van der Waals surface area contributed by atoms with Gasteiger partial charge in [-0.3, -0.25) is 4.68 Å². The predicted molar refractivity (Wildman–Crippen MR) is 87.2 cm³/mol. The molecule has 0 aliphatic carbocycles. The van der Waals surface area contributed by atoms with Crippen LogP contribution in [0.4, 0.5) is 0 Å². The molecule has 3 nitrogen and oxygen atoms in total. The van der Waals surface area contributed by atoms with Gasteiger partial charge in [0.25, 0.3) is 0 Å². The zero-order chi connectivity index (χ0) is 13.9. The SMILES string of the molecule is CCn1nc(CC(N)C2CCCCS2)c2ccccc21. The first-order valence-corrected chi connectivity index (χ1v) is 8.66. The van der Waals surface area contributed by atoms with E-state index in [1.54, 1.807) is 0 Å². The number of thioether (sulfide) groups is 1. The Bertz CT molecular complexity index is 572. The molecule has 2 heterocycles. The van der Waals surface area contributed by atoms with Crippen LogP contribution in [0.2, 0.25) is 0 Å². The number of fused-ring (bicyclic) bond motifs is 1. The van der Waals surface area contributed by atoms with E-state index in [0.717, 1.165) is 13.0 Å². The largest absolute Gasteiger partial charge is 0.326 e. The zero-order valence-electron chi connectivity index (χ0n) is 12.1.